The van der Waals surface area contributed by atoms with Crippen molar-refractivity contribution < 1.29 is 19.1 Å². The first-order valence-electron chi connectivity index (χ1n) is 10.0. The van der Waals surface area contributed by atoms with E-state index in [1.807, 2.05) is 41.3 Å². The lowest BCUT2D eigenvalue weighted by Gasteiger charge is -2.25. The monoisotopic (exact) mass is 411 g/mol. The summed E-state index contributed by atoms with van der Waals surface area (Å²) in [4.78, 5) is 28.9. The quantitative estimate of drug-likeness (QED) is 0.651. The number of anilines is 1. The van der Waals surface area contributed by atoms with Crippen molar-refractivity contribution in [3.8, 4) is 11.5 Å². The first kappa shape index (κ1) is 21.6. The third kappa shape index (κ3) is 6.22. The van der Waals surface area contributed by atoms with E-state index in [2.05, 4.69) is 5.32 Å². The van der Waals surface area contributed by atoms with E-state index in [4.69, 9.17) is 9.47 Å². The lowest BCUT2D eigenvalue weighted by Crippen LogP contribution is -2.42. The molecule has 1 aliphatic carbocycles. The number of ether oxygens (including phenoxy) is 2. The van der Waals surface area contributed by atoms with Crippen molar-refractivity contribution in [2.45, 2.75) is 25.4 Å². The van der Waals surface area contributed by atoms with Crippen LogP contribution in [0.5, 0.6) is 11.5 Å². The lowest BCUT2D eigenvalue weighted by atomic mass is 10.2. The van der Waals surface area contributed by atoms with Crippen LogP contribution in [0.1, 0.15) is 18.4 Å². The predicted octanol–water partition coefficient (Wildman–Crippen LogP) is 2.77. The van der Waals surface area contributed by atoms with Gasteiger partial charge in [-0.3, -0.25) is 14.5 Å². The summed E-state index contributed by atoms with van der Waals surface area (Å²) in [6, 6.07) is 15.2. The Labute approximate surface area is 177 Å². The molecule has 1 fully saturated rings. The third-order valence-electron chi connectivity index (χ3n) is 4.99. The van der Waals surface area contributed by atoms with Gasteiger partial charge in [-0.1, -0.05) is 18.2 Å². The van der Waals surface area contributed by atoms with Gasteiger partial charge in [0.2, 0.25) is 11.8 Å². The SMILES string of the molecule is COc1ccc(CN(C(=O)CN(C)CC(=O)Nc2cccc(OC)c2)C2CC2)cc1. The van der Waals surface area contributed by atoms with Gasteiger partial charge in [-0.25, -0.2) is 0 Å². The van der Waals surface area contributed by atoms with Gasteiger partial charge in [0.25, 0.3) is 0 Å². The number of likely N-dealkylation sites (N-methyl/N-ethyl adjacent to an activating group) is 1. The Morgan fingerprint density at radius 2 is 1.70 bits per heavy atom. The van der Waals surface area contributed by atoms with E-state index in [9.17, 15) is 9.59 Å². The molecule has 0 radical (unpaired) electrons. The number of nitrogens with one attached hydrogen (secondary N) is 1. The van der Waals surface area contributed by atoms with Gasteiger partial charge in [-0.15, -0.1) is 0 Å². The van der Waals surface area contributed by atoms with Crippen LogP contribution in [0.25, 0.3) is 0 Å². The van der Waals surface area contributed by atoms with Gasteiger partial charge >= 0.3 is 0 Å². The maximum absolute atomic E-state index is 12.9. The van der Waals surface area contributed by atoms with Crippen molar-refractivity contribution in [3.05, 3.63) is 54.1 Å². The number of hydrogen-bond donors (Lipinski definition) is 1. The second-order valence-electron chi connectivity index (χ2n) is 7.55. The zero-order valence-corrected chi connectivity index (χ0v) is 17.8. The van der Waals surface area contributed by atoms with Gasteiger partial charge in [0.1, 0.15) is 11.5 Å². The average molecular weight is 412 g/mol. The molecule has 0 bridgehead atoms. The number of nitrogens with zero attached hydrogens (tertiary/aromatic N) is 2. The molecule has 0 aromatic heterocycles. The zero-order chi connectivity index (χ0) is 21.5. The minimum atomic E-state index is -0.174. The molecule has 160 valence electrons. The second kappa shape index (κ2) is 10.1. The topological polar surface area (TPSA) is 71.1 Å². The van der Waals surface area contributed by atoms with Crippen molar-refractivity contribution in [2.75, 3.05) is 39.7 Å². The van der Waals surface area contributed by atoms with Crippen molar-refractivity contribution in [3.63, 3.8) is 0 Å². The summed E-state index contributed by atoms with van der Waals surface area (Å²) in [5.41, 5.74) is 1.73. The molecular formula is C23H29N3O4. The molecule has 2 aromatic rings. The summed E-state index contributed by atoms with van der Waals surface area (Å²) in [5.74, 6) is 1.33. The molecule has 0 aliphatic heterocycles. The number of carbonyl (C=O) groups excluding carboxylic acids is 2. The molecule has 7 heteroatoms. The van der Waals surface area contributed by atoms with E-state index < -0.39 is 0 Å². The Morgan fingerprint density at radius 3 is 2.33 bits per heavy atom. The normalized spacial score (nSPS) is 13.1. The zero-order valence-electron chi connectivity index (χ0n) is 17.8. The van der Waals surface area contributed by atoms with Crippen molar-refractivity contribution in [1.82, 2.24) is 9.80 Å². The highest BCUT2D eigenvalue weighted by Crippen LogP contribution is 2.29. The largest absolute Gasteiger partial charge is 0.497 e. The first-order chi connectivity index (χ1) is 14.5. The van der Waals surface area contributed by atoms with E-state index in [0.29, 0.717) is 24.0 Å². The Morgan fingerprint density at radius 1 is 1.00 bits per heavy atom. The molecular weight excluding hydrogens is 382 g/mol. The van der Waals surface area contributed by atoms with Gasteiger partial charge in [0.15, 0.2) is 0 Å². The molecule has 0 heterocycles. The molecule has 2 amide bonds. The number of methoxy groups -OCH3 is 2. The average Bonchev–Trinajstić information content (AvgIpc) is 3.57. The fourth-order valence-corrected chi connectivity index (χ4v) is 3.26. The van der Waals surface area contributed by atoms with Crippen LogP contribution in [0.15, 0.2) is 48.5 Å². The molecule has 0 atom stereocenters. The van der Waals surface area contributed by atoms with Crippen LogP contribution in [0, 0.1) is 0 Å². The molecule has 7 nitrogen and oxygen atoms in total. The molecule has 0 spiro atoms. The van der Waals surface area contributed by atoms with Crippen LogP contribution < -0.4 is 14.8 Å². The number of amides is 2. The van der Waals surface area contributed by atoms with Crippen molar-refractivity contribution in [1.29, 1.82) is 0 Å². The lowest BCUT2D eigenvalue weighted by molar-refractivity contribution is -0.133. The van der Waals surface area contributed by atoms with Crippen LogP contribution in [-0.2, 0) is 16.1 Å². The third-order valence-corrected chi connectivity index (χ3v) is 4.99. The molecule has 0 unspecified atom stereocenters. The fraction of sp³-hybridized carbons (Fsp3) is 0.391. The van der Waals surface area contributed by atoms with E-state index in [1.54, 1.807) is 38.3 Å². The Balaban J connectivity index is 1.52. The van der Waals surface area contributed by atoms with Crippen LogP contribution in [-0.4, -0.2) is 62.0 Å². The summed E-state index contributed by atoms with van der Waals surface area (Å²) in [5, 5.41) is 2.84. The summed E-state index contributed by atoms with van der Waals surface area (Å²) in [6.45, 7) is 0.888. The number of benzene rings is 2. The minimum absolute atomic E-state index is 0.0324. The first-order valence-corrected chi connectivity index (χ1v) is 10.0. The van der Waals surface area contributed by atoms with Gasteiger partial charge in [-0.2, -0.15) is 0 Å². The minimum Gasteiger partial charge on any atom is -0.497 e. The maximum atomic E-state index is 12.9. The van der Waals surface area contributed by atoms with E-state index in [0.717, 1.165) is 24.2 Å². The molecule has 3 rings (SSSR count). The second-order valence-corrected chi connectivity index (χ2v) is 7.55. The van der Waals surface area contributed by atoms with Crippen molar-refractivity contribution in [2.24, 2.45) is 0 Å². The molecule has 1 N–H and O–H groups in total. The van der Waals surface area contributed by atoms with Crippen LogP contribution in [0.4, 0.5) is 5.69 Å². The highest BCUT2D eigenvalue weighted by molar-refractivity contribution is 5.92. The van der Waals surface area contributed by atoms with E-state index in [1.165, 1.54) is 0 Å². The molecule has 30 heavy (non-hydrogen) atoms. The summed E-state index contributed by atoms with van der Waals surface area (Å²) < 4.78 is 10.4. The van der Waals surface area contributed by atoms with E-state index in [-0.39, 0.29) is 24.9 Å². The van der Waals surface area contributed by atoms with Gasteiger partial charge < -0.3 is 19.7 Å². The Bertz CT molecular complexity index is 865. The molecule has 0 saturated heterocycles. The summed E-state index contributed by atoms with van der Waals surface area (Å²) in [7, 11) is 4.99. The Kier molecular flexibility index (Phi) is 7.30. The maximum Gasteiger partial charge on any atom is 0.238 e. The van der Waals surface area contributed by atoms with E-state index >= 15 is 0 Å². The highest BCUT2D eigenvalue weighted by atomic mass is 16.5. The highest BCUT2D eigenvalue weighted by Gasteiger charge is 2.32. The number of carbonyl (C=O) groups is 2. The smallest absolute Gasteiger partial charge is 0.238 e. The van der Waals surface area contributed by atoms with Gasteiger partial charge in [-0.05, 0) is 49.7 Å². The molecule has 2 aromatic carbocycles. The molecule has 1 saturated carbocycles. The van der Waals surface area contributed by atoms with Crippen LogP contribution >= 0.6 is 0 Å². The molecule has 1 aliphatic rings. The number of hydrogen-bond acceptors (Lipinski definition) is 5. The standard InChI is InChI=1S/C23H29N3O4/c1-25(15-22(27)24-18-5-4-6-21(13-18)30-3)16-23(28)26(19-9-10-19)14-17-7-11-20(29-2)12-8-17/h4-8,11-13,19H,9-10,14-16H2,1-3H3,(H,24,27). The predicted molar refractivity (Wildman–Crippen MR) is 116 cm³/mol. The summed E-state index contributed by atoms with van der Waals surface area (Å²) >= 11 is 0. The number of rotatable bonds is 10. The fourth-order valence-electron chi connectivity index (χ4n) is 3.26. The van der Waals surface area contributed by atoms with Gasteiger partial charge in [0, 0.05) is 24.3 Å². The van der Waals surface area contributed by atoms with Crippen molar-refractivity contribution >= 4 is 17.5 Å². The van der Waals surface area contributed by atoms with Gasteiger partial charge in [0.05, 0.1) is 27.3 Å². The Hall–Kier alpha value is -3.06. The van der Waals surface area contributed by atoms with Crippen LogP contribution in [0.2, 0.25) is 0 Å². The van der Waals surface area contributed by atoms with Crippen LogP contribution in [0.3, 0.4) is 0 Å². The summed E-state index contributed by atoms with van der Waals surface area (Å²) in [6.07, 6.45) is 2.06.